The highest BCUT2D eigenvalue weighted by atomic mass is 19.1. The highest BCUT2D eigenvalue weighted by Crippen LogP contribution is 2.55. The second kappa shape index (κ2) is 5.24. The highest BCUT2D eigenvalue weighted by molar-refractivity contribution is 5.26. The van der Waals surface area contributed by atoms with E-state index in [9.17, 15) is 4.39 Å². The summed E-state index contributed by atoms with van der Waals surface area (Å²) in [6.07, 6.45) is 6.40. The van der Waals surface area contributed by atoms with E-state index in [1.165, 1.54) is 32.1 Å². The van der Waals surface area contributed by atoms with Gasteiger partial charge in [0, 0.05) is 12.5 Å². The fourth-order valence-corrected chi connectivity index (χ4v) is 4.33. The van der Waals surface area contributed by atoms with Crippen molar-refractivity contribution < 1.29 is 4.39 Å². The lowest BCUT2D eigenvalue weighted by atomic mass is 9.66. The molecule has 3 atom stereocenters. The molecule has 104 valence electrons. The summed E-state index contributed by atoms with van der Waals surface area (Å²) in [7, 11) is 0. The van der Waals surface area contributed by atoms with Crippen LogP contribution in [0.15, 0.2) is 24.3 Å². The second-order valence-corrected chi connectivity index (χ2v) is 6.41. The summed E-state index contributed by atoms with van der Waals surface area (Å²) >= 11 is 0. The van der Waals surface area contributed by atoms with E-state index in [-0.39, 0.29) is 5.82 Å². The maximum atomic E-state index is 14.2. The van der Waals surface area contributed by atoms with Gasteiger partial charge in [0.15, 0.2) is 0 Å². The molecule has 2 heteroatoms. The van der Waals surface area contributed by atoms with E-state index in [0.717, 1.165) is 24.6 Å². The first-order chi connectivity index (χ1) is 9.25. The maximum absolute atomic E-state index is 14.2. The smallest absolute Gasteiger partial charge is 0.126 e. The molecule has 0 amide bonds. The molecule has 3 rings (SSSR count). The predicted octanol–water partition coefficient (Wildman–Crippen LogP) is 4.10. The van der Waals surface area contributed by atoms with Crippen LogP contribution in [0.25, 0.3) is 0 Å². The van der Waals surface area contributed by atoms with Crippen molar-refractivity contribution in [1.29, 1.82) is 0 Å². The van der Waals surface area contributed by atoms with Gasteiger partial charge in [-0.25, -0.2) is 4.39 Å². The van der Waals surface area contributed by atoms with E-state index < -0.39 is 0 Å². The van der Waals surface area contributed by atoms with Crippen LogP contribution in [-0.2, 0) is 0 Å². The monoisotopic (exact) mass is 261 g/mol. The van der Waals surface area contributed by atoms with Crippen molar-refractivity contribution in [2.24, 2.45) is 11.3 Å². The molecule has 0 bridgehead atoms. The van der Waals surface area contributed by atoms with Gasteiger partial charge in [0.2, 0.25) is 0 Å². The topological polar surface area (TPSA) is 12.0 Å². The van der Waals surface area contributed by atoms with Crippen LogP contribution in [0.3, 0.4) is 0 Å². The summed E-state index contributed by atoms with van der Waals surface area (Å²) in [5.74, 6) is 1.20. The molecule has 0 aromatic heterocycles. The standard InChI is InChI=1S/C17H24FN/c1-2-13-7-8-17(11-13)9-10-19-12-15(17)14-5-3-4-6-16(14)18/h3-6,13,15,19H,2,7-12H2,1H3. The molecule has 1 spiro atoms. The van der Waals surface area contributed by atoms with Gasteiger partial charge < -0.3 is 5.32 Å². The molecule has 1 N–H and O–H groups in total. The molecule has 1 aliphatic carbocycles. The minimum absolute atomic E-state index is 0.0180. The van der Waals surface area contributed by atoms with Gasteiger partial charge in [-0.1, -0.05) is 31.5 Å². The Hall–Kier alpha value is -0.890. The molecule has 1 heterocycles. The second-order valence-electron chi connectivity index (χ2n) is 6.41. The van der Waals surface area contributed by atoms with Crippen LogP contribution in [0.1, 0.15) is 50.5 Å². The summed E-state index contributed by atoms with van der Waals surface area (Å²) < 4.78 is 14.2. The Bertz CT molecular complexity index is 445. The Morgan fingerprint density at radius 2 is 2.16 bits per heavy atom. The Labute approximate surface area is 115 Å². The molecule has 2 aliphatic rings. The van der Waals surface area contributed by atoms with Gasteiger partial charge in [-0.2, -0.15) is 0 Å². The number of hydrogen-bond acceptors (Lipinski definition) is 1. The molecule has 19 heavy (non-hydrogen) atoms. The van der Waals surface area contributed by atoms with Crippen molar-refractivity contribution in [3.8, 4) is 0 Å². The van der Waals surface area contributed by atoms with Gasteiger partial charge in [0.25, 0.3) is 0 Å². The molecule has 3 unspecified atom stereocenters. The minimum Gasteiger partial charge on any atom is -0.316 e. The summed E-state index contributed by atoms with van der Waals surface area (Å²) in [6, 6.07) is 7.39. The van der Waals surface area contributed by atoms with Crippen LogP contribution >= 0.6 is 0 Å². The van der Waals surface area contributed by atoms with Crippen LogP contribution in [0, 0.1) is 17.2 Å². The predicted molar refractivity (Wildman–Crippen MR) is 76.7 cm³/mol. The van der Waals surface area contributed by atoms with Crippen LogP contribution in [-0.4, -0.2) is 13.1 Å². The zero-order valence-electron chi connectivity index (χ0n) is 11.8. The average molecular weight is 261 g/mol. The first-order valence-electron chi connectivity index (χ1n) is 7.70. The largest absolute Gasteiger partial charge is 0.316 e. The van der Waals surface area contributed by atoms with Gasteiger partial charge in [-0.3, -0.25) is 0 Å². The van der Waals surface area contributed by atoms with Gasteiger partial charge >= 0.3 is 0 Å². The highest BCUT2D eigenvalue weighted by Gasteiger charge is 2.46. The summed E-state index contributed by atoms with van der Waals surface area (Å²) in [5.41, 5.74) is 1.29. The van der Waals surface area contributed by atoms with E-state index in [4.69, 9.17) is 0 Å². The van der Waals surface area contributed by atoms with Crippen molar-refractivity contribution in [2.75, 3.05) is 13.1 Å². The Kier molecular flexibility index (Phi) is 3.62. The number of halogens is 1. The molecule has 1 aromatic carbocycles. The van der Waals surface area contributed by atoms with Gasteiger partial charge in [-0.05, 0) is 55.2 Å². The number of benzene rings is 1. The summed E-state index contributed by atoms with van der Waals surface area (Å²) in [5, 5.41) is 3.48. The van der Waals surface area contributed by atoms with Gasteiger partial charge in [0.05, 0.1) is 0 Å². The molecule has 0 radical (unpaired) electrons. The third-order valence-corrected chi connectivity index (χ3v) is 5.49. The number of hydrogen-bond donors (Lipinski definition) is 1. The molecule has 2 fully saturated rings. The van der Waals surface area contributed by atoms with Crippen LogP contribution in [0.5, 0.6) is 0 Å². The number of rotatable bonds is 2. The number of piperidine rings is 1. The van der Waals surface area contributed by atoms with Crippen LogP contribution < -0.4 is 5.32 Å². The summed E-state index contributed by atoms with van der Waals surface area (Å²) in [6.45, 7) is 4.33. The normalized spacial score (nSPS) is 34.8. The molecule has 1 nitrogen and oxygen atoms in total. The van der Waals surface area contributed by atoms with Crippen molar-refractivity contribution in [3.05, 3.63) is 35.6 Å². The van der Waals surface area contributed by atoms with Crippen LogP contribution in [0.4, 0.5) is 4.39 Å². The Morgan fingerprint density at radius 1 is 1.32 bits per heavy atom. The van der Waals surface area contributed by atoms with Crippen molar-refractivity contribution in [1.82, 2.24) is 5.32 Å². The number of nitrogens with one attached hydrogen (secondary N) is 1. The van der Waals surface area contributed by atoms with E-state index >= 15 is 0 Å². The average Bonchev–Trinajstić information content (AvgIpc) is 2.84. The lowest BCUT2D eigenvalue weighted by Crippen LogP contribution is -2.42. The van der Waals surface area contributed by atoms with Crippen molar-refractivity contribution >= 4 is 0 Å². The third kappa shape index (κ3) is 2.31. The lowest BCUT2D eigenvalue weighted by Gasteiger charge is -2.42. The van der Waals surface area contributed by atoms with E-state index in [1.807, 2.05) is 12.1 Å². The molecular weight excluding hydrogens is 237 g/mol. The quantitative estimate of drug-likeness (QED) is 0.845. The fourth-order valence-electron chi connectivity index (χ4n) is 4.33. The lowest BCUT2D eigenvalue weighted by molar-refractivity contribution is 0.159. The maximum Gasteiger partial charge on any atom is 0.126 e. The first-order valence-corrected chi connectivity index (χ1v) is 7.70. The van der Waals surface area contributed by atoms with Crippen LogP contribution in [0.2, 0.25) is 0 Å². The zero-order chi connectivity index (χ0) is 13.3. The van der Waals surface area contributed by atoms with E-state index in [0.29, 0.717) is 11.3 Å². The fraction of sp³-hybridized carbons (Fsp3) is 0.647. The first kappa shape index (κ1) is 13.1. The molecule has 1 aromatic rings. The van der Waals surface area contributed by atoms with Gasteiger partial charge in [0.1, 0.15) is 5.82 Å². The third-order valence-electron chi connectivity index (χ3n) is 5.49. The van der Waals surface area contributed by atoms with E-state index in [2.05, 4.69) is 12.2 Å². The zero-order valence-corrected chi connectivity index (χ0v) is 11.8. The molecule has 1 saturated carbocycles. The Balaban J connectivity index is 1.92. The summed E-state index contributed by atoms with van der Waals surface area (Å²) in [4.78, 5) is 0. The van der Waals surface area contributed by atoms with E-state index in [1.54, 1.807) is 12.1 Å². The Morgan fingerprint density at radius 3 is 2.89 bits per heavy atom. The van der Waals surface area contributed by atoms with Gasteiger partial charge in [-0.15, -0.1) is 0 Å². The SMILES string of the molecule is CCC1CCC2(CCNCC2c2ccccc2F)C1. The van der Waals surface area contributed by atoms with Crippen molar-refractivity contribution in [2.45, 2.75) is 44.9 Å². The molecule has 1 saturated heterocycles. The van der Waals surface area contributed by atoms with Crippen molar-refractivity contribution in [3.63, 3.8) is 0 Å². The molecular formula is C17H24FN. The minimum atomic E-state index is -0.0180. The molecule has 1 aliphatic heterocycles.